The Hall–Kier alpha value is -3.93. The van der Waals surface area contributed by atoms with Crippen LogP contribution in [0.1, 0.15) is 43.0 Å². The number of benzene rings is 3. The molecule has 0 aliphatic carbocycles. The van der Waals surface area contributed by atoms with E-state index in [4.69, 9.17) is 34.3 Å². The van der Waals surface area contributed by atoms with Crippen LogP contribution in [0.3, 0.4) is 0 Å². The second-order valence-corrected chi connectivity index (χ2v) is 12.5. The number of nitrogens with one attached hydrogen (secondary N) is 1. The number of anilines is 1. The molecule has 0 radical (unpaired) electrons. The summed E-state index contributed by atoms with van der Waals surface area (Å²) in [5, 5.41) is 17.8. The Morgan fingerprint density at radius 1 is 1.17 bits per heavy atom. The Balaban J connectivity index is 1.54. The van der Waals surface area contributed by atoms with Crippen LogP contribution in [0.2, 0.25) is 10.0 Å². The molecular weight excluding hydrogens is 591 g/mol. The Morgan fingerprint density at radius 2 is 1.90 bits per heavy atom. The number of carbonyl (C=O) groups is 3. The molecule has 13 heteroatoms. The van der Waals surface area contributed by atoms with Gasteiger partial charge in [0, 0.05) is 37.0 Å². The van der Waals surface area contributed by atoms with E-state index in [1.807, 2.05) is 0 Å². The highest BCUT2D eigenvalue weighted by molar-refractivity contribution is 7.90. The van der Waals surface area contributed by atoms with Gasteiger partial charge in [0.1, 0.15) is 6.04 Å². The SMILES string of the molecule is CS(=O)(=O)c1cccc(C[C@H](NC(=O)c2c(Cl)cc3c(c2Cl)CCN(C(=O)c2ccc(C=[NH2+])c(N)c2)C3)C(=O)O)c1. The summed E-state index contributed by atoms with van der Waals surface area (Å²) in [7, 11) is -3.50. The van der Waals surface area contributed by atoms with Crippen molar-refractivity contribution < 1.29 is 33.3 Å². The van der Waals surface area contributed by atoms with Crippen LogP contribution in [-0.2, 0) is 34.0 Å². The van der Waals surface area contributed by atoms with Crippen molar-refractivity contribution >= 4 is 62.7 Å². The first-order chi connectivity index (χ1) is 19.3. The summed E-state index contributed by atoms with van der Waals surface area (Å²) in [4.78, 5) is 40.0. The van der Waals surface area contributed by atoms with Crippen LogP contribution in [0.5, 0.6) is 0 Å². The highest BCUT2D eigenvalue weighted by Crippen LogP contribution is 2.35. The summed E-state index contributed by atoms with van der Waals surface area (Å²) in [5.74, 6) is -2.36. The van der Waals surface area contributed by atoms with E-state index in [0.29, 0.717) is 46.5 Å². The molecule has 41 heavy (non-hydrogen) atoms. The molecule has 3 aromatic rings. The van der Waals surface area contributed by atoms with Crippen molar-refractivity contribution in [2.75, 3.05) is 18.5 Å². The van der Waals surface area contributed by atoms with E-state index < -0.39 is 27.8 Å². The number of aliphatic carboxylic acids is 1. The molecule has 0 fully saturated rings. The minimum atomic E-state index is -3.50. The third-order valence-corrected chi connectivity index (χ3v) is 8.63. The number of halogens is 2. The summed E-state index contributed by atoms with van der Waals surface area (Å²) < 4.78 is 23.8. The van der Waals surface area contributed by atoms with Crippen molar-refractivity contribution in [2.45, 2.75) is 30.3 Å². The Morgan fingerprint density at radius 3 is 2.54 bits per heavy atom. The van der Waals surface area contributed by atoms with Crippen LogP contribution in [-0.4, -0.2) is 61.3 Å². The van der Waals surface area contributed by atoms with Gasteiger partial charge in [-0.15, -0.1) is 0 Å². The molecule has 0 bridgehead atoms. The number of carboxylic acid groups (broad SMARTS) is 1. The van der Waals surface area contributed by atoms with E-state index in [0.717, 1.165) is 6.26 Å². The van der Waals surface area contributed by atoms with Gasteiger partial charge in [0.2, 0.25) is 0 Å². The van der Waals surface area contributed by atoms with E-state index in [2.05, 4.69) is 5.32 Å². The van der Waals surface area contributed by atoms with Crippen LogP contribution in [0.4, 0.5) is 5.69 Å². The summed E-state index contributed by atoms with van der Waals surface area (Å²) in [6.45, 7) is 0.502. The normalized spacial score (nSPS) is 13.7. The molecule has 0 saturated carbocycles. The van der Waals surface area contributed by atoms with Gasteiger partial charge in [0.05, 0.1) is 26.1 Å². The molecule has 1 atom stereocenters. The number of carboxylic acids is 1. The zero-order valence-corrected chi connectivity index (χ0v) is 24.2. The number of hydrogen-bond acceptors (Lipinski definition) is 6. The van der Waals surface area contributed by atoms with Crippen molar-refractivity contribution in [3.63, 3.8) is 0 Å². The number of amides is 2. The van der Waals surface area contributed by atoms with Crippen LogP contribution in [0.25, 0.3) is 0 Å². The molecule has 0 aromatic heterocycles. The fourth-order valence-corrected chi connectivity index (χ4v) is 6.10. The first-order valence-corrected chi connectivity index (χ1v) is 15.0. The van der Waals surface area contributed by atoms with E-state index in [1.165, 1.54) is 24.4 Å². The van der Waals surface area contributed by atoms with Gasteiger partial charge in [-0.05, 0) is 59.5 Å². The second-order valence-electron chi connectivity index (χ2n) is 9.66. The monoisotopic (exact) mass is 617 g/mol. The Bertz CT molecular complexity index is 1690. The minimum absolute atomic E-state index is 0.00385. The molecule has 3 aromatic carbocycles. The molecule has 0 saturated heterocycles. The van der Waals surface area contributed by atoms with Gasteiger partial charge in [-0.2, -0.15) is 0 Å². The fraction of sp³-hybridized carbons (Fsp3) is 0.214. The third-order valence-electron chi connectivity index (χ3n) is 6.80. The predicted octanol–water partition coefficient (Wildman–Crippen LogP) is 1.78. The fourth-order valence-electron chi connectivity index (χ4n) is 4.64. The van der Waals surface area contributed by atoms with E-state index in [9.17, 15) is 27.9 Å². The predicted molar refractivity (Wildman–Crippen MR) is 155 cm³/mol. The molecule has 10 nitrogen and oxygen atoms in total. The largest absolute Gasteiger partial charge is 0.480 e. The Labute approximate surface area is 246 Å². The topological polar surface area (TPSA) is 172 Å². The average molecular weight is 619 g/mol. The summed E-state index contributed by atoms with van der Waals surface area (Å²) in [6, 6.07) is 10.8. The van der Waals surface area contributed by atoms with E-state index in [1.54, 1.807) is 35.2 Å². The lowest BCUT2D eigenvalue weighted by atomic mass is 9.95. The smallest absolute Gasteiger partial charge is 0.326 e. The van der Waals surface area contributed by atoms with Gasteiger partial charge >= 0.3 is 5.97 Å². The second kappa shape index (κ2) is 11.9. The maximum Gasteiger partial charge on any atom is 0.326 e. The quantitative estimate of drug-likeness (QED) is 0.220. The van der Waals surface area contributed by atoms with Crippen molar-refractivity contribution in [1.29, 1.82) is 0 Å². The van der Waals surface area contributed by atoms with Crippen LogP contribution < -0.4 is 16.5 Å². The van der Waals surface area contributed by atoms with Crippen molar-refractivity contribution in [2.24, 2.45) is 0 Å². The number of rotatable bonds is 8. The van der Waals surface area contributed by atoms with Gasteiger partial charge < -0.3 is 21.1 Å². The van der Waals surface area contributed by atoms with Crippen LogP contribution in [0.15, 0.2) is 53.4 Å². The number of nitrogens with two attached hydrogens (primary N) is 2. The van der Waals surface area contributed by atoms with Crippen molar-refractivity contribution in [1.82, 2.24) is 10.2 Å². The van der Waals surface area contributed by atoms with Gasteiger partial charge in [-0.3, -0.25) is 15.0 Å². The van der Waals surface area contributed by atoms with Gasteiger partial charge in [-0.1, -0.05) is 35.3 Å². The molecule has 0 spiro atoms. The lowest BCUT2D eigenvalue weighted by molar-refractivity contribution is -0.139. The molecule has 214 valence electrons. The van der Waals surface area contributed by atoms with Gasteiger partial charge in [0.25, 0.3) is 11.8 Å². The number of nitrogen functional groups attached to an aromatic ring is 1. The first-order valence-electron chi connectivity index (χ1n) is 12.4. The number of carbonyl (C=O) groups excluding carboxylic acids is 2. The van der Waals surface area contributed by atoms with Crippen LogP contribution in [0, 0.1) is 0 Å². The van der Waals surface area contributed by atoms with Crippen molar-refractivity contribution in [3.05, 3.63) is 92.0 Å². The van der Waals surface area contributed by atoms with E-state index in [-0.39, 0.29) is 39.4 Å². The van der Waals surface area contributed by atoms with Crippen molar-refractivity contribution in [3.8, 4) is 0 Å². The molecular formula is C28H27Cl2N4O6S+. The number of sulfone groups is 1. The number of nitrogens with zero attached hydrogens (tertiary/aromatic N) is 1. The number of hydrogen-bond donors (Lipinski definition) is 4. The summed E-state index contributed by atoms with van der Waals surface area (Å²) in [6.07, 6.45) is 2.57. The molecule has 0 unspecified atom stereocenters. The third kappa shape index (κ3) is 6.53. The van der Waals surface area contributed by atoms with Gasteiger partial charge in [-0.25, -0.2) is 13.2 Å². The molecule has 4 rings (SSSR count). The maximum absolute atomic E-state index is 13.2. The van der Waals surface area contributed by atoms with Crippen LogP contribution >= 0.6 is 23.2 Å². The highest BCUT2D eigenvalue weighted by Gasteiger charge is 2.30. The minimum Gasteiger partial charge on any atom is -0.480 e. The lowest BCUT2D eigenvalue weighted by Gasteiger charge is -2.30. The molecule has 1 heterocycles. The summed E-state index contributed by atoms with van der Waals surface area (Å²) >= 11 is 13.1. The lowest BCUT2D eigenvalue weighted by Crippen LogP contribution is -2.42. The molecule has 2 amide bonds. The standard InChI is InChI=1S/C28H26Cl2N4O6S/c1-41(39,40)19-4-2-3-15(9-19)10-23(28(37)38)33-26(35)24-21(29)11-18-14-34(8-7-20(18)25(24)30)27(36)16-5-6-17(13-31)22(32)12-16/h2-6,9,11-13,23,31H,7-8,10,14,32H2,1H3,(H,33,35)(H,37,38)/p+1/t23-/m0/s1. The maximum atomic E-state index is 13.2. The zero-order chi connectivity index (χ0) is 30.1. The molecule has 1 aliphatic heterocycles. The summed E-state index contributed by atoms with van der Waals surface area (Å²) in [5.41, 5.74) is 8.96. The zero-order valence-electron chi connectivity index (χ0n) is 21.9. The van der Waals surface area contributed by atoms with Gasteiger partial charge in [0.15, 0.2) is 16.1 Å². The Kier molecular flexibility index (Phi) is 8.71. The van der Waals surface area contributed by atoms with E-state index >= 15 is 0 Å². The molecule has 6 N–H and O–H groups in total. The highest BCUT2D eigenvalue weighted by atomic mass is 35.5. The molecule has 1 aliphatic rings. The first kappa shape index (κ1) is 30.0. The average Bonchev–Trinajstić information content (AvgIpc) is 2.91. The number of fused-ring (bicyclic) bond motifs is 1.